The van der Waals surface area contributed by atoms with E-state index in [2.05, 4.69) is 9.97 Å². The first-order chi connectivity index (χ1) is 12.5. The van der Waals surface area contributed by atoms with Crippen molar-refractivity contribution in [2.45, 2.75) is 26.4 Å². The molecule has 0 bridgehead atoms. The van der Waals surface area contributed by atoms with Crippen molar-refractivity contribution in [2.24, 2.45) is 7.05 Å². The molecule has 132 valence electrons. The molecule has 6 nitrogen and oxygen atoms in total. The van der Waals surface area contributed by atoms with E-state index < -0.39 is 0 Å². The van der Waals surface area contributed by atoms with Crippen LogP contribution < -0.4 is 5.56 Å². The third-order valence-corrected chi connectivity index (χ3v) is 5.58. The lowest BCUT2D eigenvalue weighted by atomic mass is 10.2. The summed E-state index contributed by atoms with van der Waals surface area (Å²) in [4.78, 5) is 35.7. The Morgan fingerprint density at radius 2 is 1.96 bits per heavy atom. The number of fused-ring (bicyclic) bond motifs is 1. The molecule has 1 aliphatic heterocycles. The third kappa shape index (κ3) is 2.94. The highest BCUT2D eigenvalue weighted by molar-refractivity contribution is 7.13. The number of thiazole rings is 1. The normalized spacial score (nSPS) is 13.1. The lowest BCUT2D eigenvalue weighted by Gasteiger charge is -2.13. The lowest BCUT2D eigenvalue weighted by Crippen LogP contribution is -2.28. The molecule has 26 heavy (non-hydrogen) atoms. The van der Waals surface area contributed by atoms with Gasteiger partial charge in [-0.1, -0.05) is 30.3 Å². The summed E-state index contributed by atoms with van der Waals surface area (Å²) >= 11 is 1.53. The summed E-state index contributed by atoms with van der Waals surface area (Å²) in [5.74, 6) is 0.627. The zero-order valence-electron chi connectivity index (χ0n) is 14.6. The van der Waals surface area contributed by atoms with E-state index in [4.69, 9.17) is 0 Å². The standard InChI is InChI=1S/C19H18N4O2S/c1-12-20-16-10-23(9-15(16)19(25)22(12)2)17(24)8-14-11-26-18(21-14)13-6-4-3-5-7-13/h3-7,11H,8-10H2,1-2H3. The summed E-state index contributed by atoms with van der Waals surface area (Å²) in [6.07, 6.45) is 0.233. The molecule has 3 aromatic rings. The predicted molar refractivity (Wildman–Crippen MR) is 99.7 cm³/mol. The average Bonchev–Trinajstić information content (AvgIpc) is 3.28. The number of aryl methyl sites for hydroxylation is 1. The molecule has 0 spiro atoms. The van der Waals surface area contributed by atoms with E-state index >= 15 is 0 Å². The van der Waals surface area contributed by atoms with Gasteiger partial charge in [-0.2, -0.15) is 0 Å². The van der Waals surface area contributed by atoms with Crippen LogP contribution in [0.15, 0.2) is 40.5 Å². The van der Waals surface area contributed by atoms with Crippen molar-refractivity contribution in [1.82, 2.24) is 19.4 Å². The molecule has 3 heterocycles. The monoisotopic (exact) mass is 366 g/mol. The summed E-state index contributed by atoms with van der Waals surface area (Å²) in [7, 11) is 1.70. The van der Waals surface area contributed by atoms with Gasteiger partial charge in [0.05, 0.1) is 36.5 Å². The zero-order valence-corrected chi connectivity index (χ0v) is 15.4. The second-order valence-electron chi connectivity index (χ2n) is 6.39. The highest BCUT2D eigenvalue weighted by Crippen LogP contribution is 2.24. The minimum atomic E-state index is -0.0668. The van der Waals surface area contributed by atoms with Crippen LogP contribution in [0.1, 0.15) is 22.8 Å². The number of nitrogens with zero attached hydrogens (tertiary/aromatic N) is 4. The highest BCUT2D eigenvalue weighted by Gasteiger charge is 2.28. The number of aromatic nitrogens is 3. The van der Waals surface area contributed by atoms with Gasteiger partial charge < -0.3 is 4.90 Å². The summed E-state index contributed by atoms with van der Waals surface area (Å²) < 4.78 is 1.53. The summed E-state index contributed by atoms with van der Waals surface area (Å²) in [5, 5.41) is 2.83. The molecule has 1 aliphatic rings. The summed E-state index contributed by atoms with van der Waals surface area (Å²) in [6, 6.07) is 9.92. The van der Waals surface area contributed by atoms with Crippen molar-refractivity contribution in [3.8, 4) is 10.6 Å². The molecule has 0 aliphatic carbocycles. The minimum absolute atomic E-state index is 0.0346. The Kier molecular flexibility index (Phi) is 4.16. The number of hydrogen-bond acceptors (Lipinski definition) is 5. The number of rotatable bonds is 3. The molecular formula is C19H18N4O2S. The third-order valence-electron chi connectivity index (χ3n) is 4.64. The number of benzene rings is 1. The number of carbonyl (C=O) groups is 1. The van der Waals surface area contributed by atoms with Crippen LogP contribution in [0.5, 0.6) is 0 Å². The van der Waals surface area contributed by atoms with E-state index in [1.807, 2.05) is 35.7 Å². The molecule has 0 saturated carbocycles. The largest absolute Gasteiger partial charge is 0.332 e. The number of hydrogen-bond donors (Lipinski definition) is 0. The fourth-order valence-electron chi connectivity index (χ4n) is 3.07. The van der Waals surface area contributed by atoms with Crippen molar-refractivity contribution in [1.29, 1.82) is 0 Å². The Labute approximate surface area is 154 Å². The second-order valence-corrected chi connectivity index (χ2v) is 7.24. The van der Waals surface area contributed by atoms with Gasteiger partial charge in [0.15, 0.2) is 0 Å². The van der Waals surface area contributed by atoms with Crippen LogP contribution in [0.25, 0.3) is 10.6 Å². The second kappa shape index (κ2) is 6.49. The Balaban J connectivity index is 1.49. The van der Waals surface area contributed by atoms with E-state index in [0.29, 0.717) is 30.2 Å². The molecule has 4 rings (SSSR count). The average molecular weight is 366 g/mol. The zero-order chi connectivity index (χ0) is 18.3. The SMILES string of the molecule is Cc1nc2c(c(=O)n1C)CN(C(=O)Cc1csc(-c3ccccc3)n1)C2. The summed E-state index contributed by atoms with van der Waals surface area (Å²) in [6.45, 7) is 2.51. The van der Waals surface area contributed by atoms with Crippen LogP contribution in [-0.2, 0) is 31.4 Å². The van der Waals surface area contributed by atoms with Crippen molar-refractivity contribution in [3.63, 3.8) is 0 Å². The van der Waals surface area contributed by atoms with Crippen molar-refractivity contribution >= 4 is 17.2 Å². The molecule has 1 aromatic carbocycles. The first-order valence-electron chi connectivity index (χ1n) is 8.36. The van der Waals surface area contributed by atoms with Gasteiger partial charge >= 0.3 is 0 Å². The van der Waals surface area contributed by atoms with Crippen LogP contribution >= 0.6 is 11.3 Å². The molecule has 0 unspecified atom stereocenters. The van der Waals surface area contributed by atoms with Gasteiger partial charge in [0.25, 0.3) is 5.56 Å². The molecule has 1 amide bonds. The van der Waals surface area contributed by atoms with Crippen molar-refractivity contribution in [2.75, 3.05) is 0 Å². The van der Waals surface area contributed by atoms with Gasteiger partial charge in [-0.15, -0.1) is 11.3 Å². The molecule has 0 N–H and O–H groups in total. The van der Waals surface area contributed by atoms with Crippen LogP contribution in [-0.4, -0.2) is 25.3 Å². The van der Waals surface area contributed by atoms with Crippen LogP contribution in [0.3, 0.4) is 0 Å². The quantitative estimate of drug-likeness (QED) is 0.713. The van der Waals surface area contributed by atoms with Crippen LogP contribution in [0.2, 0.25) is 0 Å². The minimum Gasteiger partial charge on any atom is -0.332 e. The van der Waals surface area contributed by atoms with Crippen molar-refractivity contribution < 1.29 is 4.79 Å². The van der Waals surface area contributed by atoms with Crippen LogP contribution in [0, 0.1) is 6.92 Å². The molecule has 2 aromatic heterocycles. The van der Waals surface area contributed by atoms with Gasteiger partial charge in [-0.3, -0.25) is 14.2 Å². The maximum absolute atomic E-state index is 12.7. The maximum atomic E-state index is 12.7. The lowest BCUT2D eigenvalue weighted by molar-refractivity contribution is -0.131. The molecule has 0 atom stereocenters. The predicted octanol–water partition coefficient (Wildman–Crippen LogP) is 2.30. The van der Waals surface area contributed by atoms with Crippen LogP contribution in [0.4, 0.5) is 0 Å². The van der Waals surface area contributed by atoms with Gasteiger partial charge in [-0.25, -0.2) is 9.97 Å². The maximum Gasteiger partial charge on any atom is 0.258 e. The molecule has 0 radical (unpaired) electrons. The van der Waals surface area contributed by atoms with Gasteiger partial charge in [0, 0.05) is 18.0 Å². The molecular weight excluding hydrogens is 348 g/mol. The van der Waals surface area contributed by atoms with Crippen molar-refractivity contribution in [3.05, 3.63) is 68.8 Å². The topological polar surface area (TPSA) is 68.1 Å². The van der Waals surface area contributed by atoms with E-state index in [1.54, 1.807) is 18.9 Å². The summed E-state index contributed by atoms with van der Waals surface area (Å²) in [5.41, 5.74) is 3.07. The fraction of sp³-hybridized carbons (Fsp3) is 0.263. The highest BCUT2D eigenvalue weighted by atomic mass is 32.1. The van der Waals surface area contributed by atoms with Gasteiger partial charge in [-0.05, 0) is 6.92 Å². The van der Waals surface area contributed by atoms with Gasteiger partial charge in [0.1, 0.15) is 10.8 Å². The fourth-order valence-corrected chi connectivity index (χ4v) is 3.90. The number of carbonyl (C=O) groups excluding carboxylic acids is 1. The molecule has 7 heteroatoms. The Morgan fingerprint density at radius 3 is 2.73 bits per heavy atom. The smallest absolute Gasteiger partial charge is 0.258 e. The molecule has 0 saturated heterocycles. The molecule has 0 fully saturated rings. The Morgan fingerprint density at radius 1 is 1.19 bits per heavy atom. The number of amides is 1. The van der Waals surface area contributed by atoms with Gasteiger partial charge in [0.2, 0.25) is 5.91 Å². The Bertz CT molecular complexity index is 1040. The van der Waals surface area contributed by atoms with E-state index in [-0.39, 0.29) is 17.9 Å². The van der Waals surface area contributed by atoms with E-state index in [9.17, 15) is 9.59 Å². The first kappa shape index (κ1) is 16.7. The van der Waals surface area contributed by atoms with E-state index in [1.165, 1.54) is 15.9 Å². The Hall–Kier alpha value is -2.80. The first-order valence-corrected chi connectivity index (χ1v) is 9.24. The van der Waals surface area contributed by atoms with E-state index in [0.717, 1.165) is 16.3 Å².